The van der Waals surface area contributed by atoms with Gasteiger partial charge in [-0.15, -0.1) is 0 Å². The Morgan fingerprint density at radius 2 is 1.26 bits per heavy atom. The van der Waals surface area contributed by atoms with Gasteiger partial charge in [-0.1, -0.05) is 35.0 Å². The van der Waals surface area contributed by atoms with Crippen molar-refractivity contribution < 1.29 is 76.4 Å². The third kappa shape index (κ3) is 16.6. The van der Waals surface area contributed by atoms with E-state index in [-0.39, 0.29) is 37.6 Å². The number of hydrogen-bond acceptors (Lipinski definition) is 17. The van der Waals surface area contributed by atoms with Crippen LogP contribution in [0.5, 0.6) is 23.0 Å². The number of amides is 1. The molecule has 2 N–H and O–H groups in total. The molecule has 2 aliphatic heterocycles. The summed E-state index contributed by atoms with van der Waals surface area (Å²) in [5.74, 6) is 0.948. The van der Waals surface area contributed by atoms with E-state index in [0.717, 1.165) is 23.1 Å². The highest BCUT2D eigenvalue weighted by molar-refractivity contribution is 6.09. The van der Waals surface area contributed by atoms with Gasteiger partial charge in [0.25, 0.3) is 0 Å². The van der Waals surface area contributed by atoms with Crippen LogP contribution in [-0.2, 0) is 65.3 Å². The third-order valence-corrected chi connectivity index (χ3v) is 11.8. The average molecular weight is 967 g/mol. The Balaban J connectivity index is 0.737. The van der Waals surface area contributed by atoms with Gasteiger partial charge in [0.2, 0.25) is 12.7 Å². The summed E-state index contributed by atoms with van der Waals surface area (Å²) in [4.78, 5) is 31.9. The Hall–Kier alpha value is -4.89. The molecule has 3 aromatic carbocycles. The molecule has 380 valence electrons. The Morgan fingerprint density at radius 3 is 1.83 bits per heavy atom. The minimum absolute atomic E-state index is 0.0172. The predicted octanol–water partition coefficient (Wildman–Crippen LogP) is 4.58. The van der Waals surface area contributed by atoms with Crippen molar-refractivity contribution in [2.24, 2.45) is 17.0 Å². The number of carbonyl (C=O) groups excluding carboxylic acids is 2. The second-order valence-corrected chi connectivity index (χ2v) is 16.6. The number of fused-ring (bicyclic) bond motifs is 4. The average Bonchev–Trinajstić information content (AvgIpc) is 4.05. The van der Waals surface area contributed by atoms with Crippen molar-refractivity contribution in [2.75, 3.05) is 140 Å². The topological polar surface area (TPSA) is 199 Å². The van der Waals surface area contributed by atoms with Crippen LogP contribution in [0.15, 0.2) is 53.7 Å². The number of ketones is 1. The molecule has 0 bridgehead atoms. The zero-order chi connectivity index (χ0) is 48.5. The van der Waals surface area contributed by atoms with Crippen LogP contribution in [0, 0.1) is 18.8 Å². The van der Waals surface area contributed by atoms with E-state index in [4.69, 9.17) is 61.7 Å². The van der Waals surface area contributed by atoms with Gasteiger partial charge in [-0.3, -0.25) is 9.59 Å². The van der Waals surface area contributed by atoms with E-state index in [1.165, 1.54) is 18.2 Å². The second-order valence-electron chi connectivity index (χ2n) is 16.6. The number of nitrogens with one attached hydrogen (secondary N) is 1. The molecule has 0 spiro atoms. The summed E-state index contributed by atoms with van der Waals surface area (Å²) in [7, 11) is 3.08. The first-order valence-electron chi connectivity index (χ1n) is 23.9. The van der Waals surface area contributed by atoms with Crippen LogP contribution in [0.2, 0.25) is 0 Å². The van der Waals surface area contributed by atoms with E-state index in [1.54, 1.807) is 7.11 Å². The molecular weight excluding hydrogens is 897 g/mol. The van der Waals surface area contributed by atoms with Gasteiger partial charge >= 0.3 is 0 Å². The smallest absolute Gasteiger partial charge is 0.231 e. The number of ether oxygens (including phenoxy) is 12. The first-order valence-corrected chi connectivity index (χ1v) is 23.9. The molecule has 0 radical (unpaired) electrons. The molecule has 18 nitrogen and oxygen atoms in total. The third-order valence-electron chi connectivity index (χ3n) is 11.8. The number of carbonyl (C=O) groups is 2. The molecular formula is C51H70N2O16. The predicted molar refractivity (Wildman–Crippen MR) is 253 cm³/mol. The lowest BCUT2D eigenvalue weighted by molar-refractivity contribution is -0.125. The molecule has 3 atom stereocenters. The fourth-order valence-electron chi connectivity index (χ4n) is 8.39. The molecule has 69 heavy (non-hydrogen) atoms. The van der Waals surface area contributed by atoms with Crippen molar-refractivity contribution in [1.29, 1.82) is 0 Å². The van der Waals surface area contributed by atoms with Crippen LogP contribution in [0.4, 0.5) is 0 Å². The van der Waals surface area contributed by atoms with Gasteiger partial charge in [-0.25, -0.2) is 0 Å². The Bertz CT molecular complexity index is 2020. The quantitative estimate of drug-likeness (QED) is 0.0768. The molecule has 2 heterocycles. The monoisotopic (exact) mass is 966 g/mol. The summed E-state index contributed by atoms with van der Waals surface area (Å²) < 4.78 is 67.4. The maximum atomic E-state index is 14.3. The van der Waals surface area contributed by atoms with E-state index in [0.29, 0.717) is 166 Å². The number of benzene rings is 3. The maximum Gasteiger partial charge on any atom is 0.231 e. The van der Waals surface area contributed by atoms with E-state index in [2.05, 4.69) is 41.7 Å². The second kappa shape index (κ2) is 30.0. The number of hydrogen-bond donors (Lipinski definition) is 2. The zero-order valence-electron chi connectivity index (χ0n) is 40.3. The molecule has 6 rings (SSSR count). The minimum atomic E-state index is -0.507. The Kier molecular flexibility index (Phi) is 23.2. The molecule has 0 aromatic heterocycles. The van der Waals surface area contributed by atoms with Gasteiger partial charge in [0.15, 0.2) is 23.0 Å². The zero-order valence-corrected chi connectivity index (χ0v) is 40.3. The lowest BCUT2D eigenvalue weighted by Gasteiger charge is -2.37. The number of aliphatic hydroxyl groups excluding tert-OH is 1. The molecule has 3 aromatic rings. The fraction of sp³-hybridized carbons (Fsp3) is 0.588. The van der Waals surface area contributed by atoms with E-state index in [9.17, 15) is 14.7 Å². The fourth-order valence-corrected chi connectivity index (χ4v) is 8.39. The number of rotatable bonds is 36. The highest BCUT2D eigenvalue weighted by Gasteiger charge is 2.48. The van der Waals surface area contributed by atoms with Crippen molar-refractivity contribution in [3.63, 3.8) is 0 Å². The maximum absolute atomic E-state index is 14.3. The normalized spacial score (nSPS) is 16.7. The molecule has 0 fully saturated rings. The highest BCUT2D eigenvalue weighted by atomic mass is 16.7. The summed E-state index contributed by atoms with van der Waals surface area (Å²) in [6, 6.07) is 15.9. The van der Waals surface area contributed by atoms with Gasteiger partial charge in [0.1, 0.15) is 12.4 Å². The van der Waals surface area contributed by atoms with Crippen LogP contribution in [0.3, 0.4) is 0 Å². The van der Waals surface area contributed by atoms with Gasteiger partial charge in [0.05, 0.1) is 132 Å². The molecule has 1 aliphatic carbocycles. The largest absolute Gasteiger partial charge is 0.493 e. The summed E-state index contributed by atoms with van der Waals surface area (Å²) in [6.07, 6.45) is 1.95. The highest BCUT2D eigenvalue weighted by Crippen LogP contribution is 2.51. The van der Waals surface area contributed by atoms with Crippen molar-refractivity contribution in [2.45, 2.75) is 45.1 Å². The Labute approximate surface area is 405 Å². The van der Waals surface area contributed by atoms with Crippen LogP contribution >= 0.6 is 0 Å². The molecule has 0 saturated heterocycles. The first-order chi connectivity index (χ1) is 33.9. The van der Waals surface area contributed by atoms with Crippen LogP contribution in [-0.4, -0.2) is 162 Å². The van der Waals surface area contributed by atoms with Gasteiger partial charge in [-0.2, -0.15) is 0 Å². The van der Waals surface area contributed by atoms with Gasteiger partial charge in [-0.05, 0) is 60.7 Å². The molecule has 3 unspecified atom stereocenters. The summed E-state index contributed by atoms with van der Waals surface area (Å²) in [5, 5.41) is 17.6. The van der Waals surface area contributed by atoms with Crippen molar-refractivity contribution >= 4 is 17.4 Å². The number of methoxy groups -OCH3 is 2. The lowest BCUT2D eigenvalue weighted by Crippen LogP contribution is -2.40. The van der Waals surface area contributed by atoms with Crippen molar-refractivity contribution in [1.82, 2.24) is 5.32 Å². The van der Waals surface area contributed by atoms with E-state index >= 15 is 0 Å². The van der Waals surface area contributed by atoms with Gasteiger partial charge < -0.3 is 72.1 Å². The van der Waals surface area contributed by atoms with E-state index in [1.807, 2.05) is 24.3 Å². The number of aliphatic hydroxyl groups is 1. The van der Waals surface area contributed by atoms with Crippen molar-refractivity contribution in [3.05, 3.63) is 81.9 Å². The standard InChI is InChI=1S/C51H70N2O16/c1-36-6-8-37(9-7-36)10-12-52-47(56)11-14-60-16-18-62-20-22-64-24-26-66-28-27-65-25-23-63-21-19-61-17-15-59-13-4-5-43(55)49-42-34-69-53-50(42)41-32-45-44(67-35-68-45)31-40(41)48(49)38-29-39(33-54)51(58-3)46(30-38)57-2/h6-9,29-32,42,48-49,54H,4-5,10-28,33-35H2,1-3H3,(H,52,56). The molecule has 18 heteroatoms. The number of oxime groups is 1. The number of Topliss-reactive ketones (excluding diaryl/α,β-unsaturated/α-hetero) is 1. The summed E-state index contributed by atoms with van der Waals surface area (Å²) in [5.41, 5.74) is 6.20. The SMILES string of the molecule is COc1cc(C2c3cc4c(cc3C3=NOCC3C2C(=O)CCCOCCOCCOCCOCCOCCOCCOCCOCCC(=O)NCCc2ccc(C)cc2)OCO4)cc(CO)c1OC. The Morgan fingerprint density at radius 1 is 0.696 bits per heavy atom. The molecule has 0 saturated carbocycles. The summed E-state index contributed by atoms with van der Waals surface area (Å²) >= 11 is 0. The number of nitrogens with zero attached hydrogens (tertiary/aromatic N) is 1. The molecule has 3 aliphatic rings. The molecule has 1 amide bonds. The minimum Gasteiger partial charge on any atom is -0.493 e. The lowest BCUT2D eigenvalue weighted by atomic mass is 9.63. The van der Waals surface area contributed by atoms with Gasteiger partial charge in [0, 0.05) is 49.0 Å². The van der Waals surface area contributed by atoms with Crippen molar-refractivity contribution in [3.8, 4) is 23.0 Å². The van der Waals surface area contributed by atoms with Crippen LogP contribution < -0.4 is 24.3 Å². The van der Waals surface area contributed by atoms with Crippen LogP contribution in [0.25, 0.3) is 0 Å². The van der Waals surface area contributed by atoms with E-state index < -0.39 is 11.8 Å². The first kappa shape index (κ1) is 53.5. The number of aryl methyl sites for hydroxylation is 1. The van der Waals surface area contributed by atoms with Crippen LogP contribution in [0.1, 0.15) is 58.6 Å². The summed E-state index contributed by atoms with van der Waals surface area (Å²) in [6.45, 7) is 9.67.